The van der Waals surface area contributed by atoms with Crippen molar-refractivity contribution in [3.8, 4) is 12.3 Å². The minimum absolute atomic E-state index is 0.0699. The molecule has 0 spiro atoms. The highest BCUT2D eigenvalue weighted by Gasteiger charge is 2.53. The van der Waals surface area contributed by atoms with E-state index in [1.54, 1.807) is 11.5 Å². The number of nitrogen functional groups attached to an aromatic ring is 1. The Kier molecular flexibility index (Phi) is 6.10. The first-order valence-corrected chi connectivity index (χ1v) is 11.6. The molecule has 1 saturated carbocycles. The van der Waals surface area contributed by atoms with E-state index in [0.29, 0.717) is 17.0 Å². The molecule has 0 bridgehead atoms. The zero-order valence-corrected chi connectivity index (χ0v) is 19.3. The number of hydrogen-bond donors (Lipinski definition) is 1. The van der Waals surface area contributed by atoms with Crippen molar-refractivity contribution in [1.29, 1.82) is 0 Å². The number of imidazole rings is 1. The first-order chi connectivity index (χ1) is 16.9. The van der Waals surface area contributed by atoms with Gasteiger partial charge in [-0.1, -0.05) is 18.8 Å². The number of carbonyl (C=O) groups is 2. The van der Waals surface area contributed by atoms with E-state index < -0.39 is 30.2 Å². The van der Waals surface area contributed by atoms with Gasteiger partial charge in [0.2, 0.25) is 5.60 Å². The molecule has 2 aliphatic heterocycles. The van der Waals surface area contributed by atoms with E-state index in [1.165, 1.54) is 6.33 Å². The summed E-state index contributed by atoms with van der Waals surface area (Å²) in [7, 11) is 0. The number of carbonyl (C=O) groups excluding carboxylic acids is 2. The van der Waals surface area contributed by atoms with Gasteiger partial charge >= 0.3 is 12.3 Å². The largest absolute Gasteiger partial charge is 0.508 e. The van der Waals surface area contributed by atoms with Crippen LogP contribution in [0.4, 0.5) is 15.4 Å². The van der Waals surface area contributed by atoms with Crippen LogP contribution < -0.4 is 5.73 Å². The summed E-state index contributed by atoms with van der Waals surface area (Å²) in [4.78, 5) is 37.8. The summed E-state index contributed by atoms with van der Waals surface area (Å²) in [6.45, 7) is 1.67. The maximum absolute atomic E-state index is 12.7. The van der Waals surface area contributed by atoms with Crippen LogP contribution >= 0.6 is 0 Å². The van der Waals surface area contributed by atoms with Gasteiger partial charge in [0.15, 0.2) is 17.6 Å². The number of fused-ring (bicyclic) bond motifs is 3. The van der Waals surface area contributed by atoms with Crippen molar-refractivity contribution in [2.24, 2.45) is 11.8 Å². The van der Waals surface area contributed by atoms with Crippen molar-refractivity contribution in [2.45, 2.75) is 57.0 Å². The zero-order chi connectivity index (χ0) is 24.6. The van der Waals surface area contributed by atoms with Crippen LogP contribution in [0.1, 0.15) is 44.2 Å². The van der Waals surface area contributed by atoms with Gasteiger partial charge in [-0.05, 0) is 31.6 Å². The van der Waals surface area contributed by atoms with Gasteiger partial charge in [0, 0.05) is 6.42 Å². The zero-order valence-electron chi connectivity index (χ0n) is 19.3. The lowest BCUT2D eigenvalue weighted by Crippen LogP contribution is -2.45. The Bertz CT molecular complexity index is 1180. The number of terminal acetylenes is 1. The Morgan fingerprint density at radius 3 is 2.54 bits per heavy atom. The van der Waals surface area contributed by atoms with E-state index in [2.05, 4.69) is 20.9 Å². The summed E-state index contributed by atoms with van der Waals surface area (Å²) in [6.07, 6.45) is 7.86. The van der Waals surface area contributed by atoms with E-state index in [4.69, 9.17) is 35.8 Å². The molecule has 2 aromatic heterocycles. The Hall–Kier alpha value is -3.59. The SMILES string of the molecule is C#C[C@@]12COC(=O)OCC3CCCCC3COC(=O)O[C@H]1C[C@H](n1cnc3c(N)nc(C)nc31)O2. The summed E-state index contributed by atoms with van der Waals surface area (Å²) in [5.74, 6) is 3.36. The highest BCUT2D eigenvalue weighted by Crippen LogP contribution is 2.41. The van der Waals surface area contributed by atoms with Gasteiger partial charge in [0.1, 0.15) is 24.2 Å². The van der Waals surface area contributed by atoms with Crippen LogP contribution in [0.5, 0.6) is 0 Å². The topological polar surface area (TPSA) is 150 Å². The second kappa shape index (κ2) is 9.22. The van der Waals surface area contributed by atoms with E-state index >= 15 is 0 Å². The predicted octanol–water partition coefficient (Wildman–Crippen LogP) is 2.50. The normalized spacial score (nSPS) is 31.8. The van der Waals surface area contributed by atoms with Crippen LogP contribution in [0.3, 0.4) is 0 Å². The van der Waals surface area contributed by atoms with Crippen molar-refractivity contribution < 1.29 is 33.3 Å². The summed E-state index contributed by atoms with van der Waals surface area (Å²) in [6, 6.07) is 0. The number of aromatic nitrogens is 4. The van der Waals surface area contributed by atoms with Gasteiger partial charge in [-0.25, -0.2) is 24.5 Å². The number of ether oxygens (including phenoxy) is 5. The molecule has 12 heteroatoms. The molecule has 5 atom stereocenters. The highest BCUT2D eigenvalue weighted by molar-refractivity contribution is 5.81. The Morgan fingerprint density at radius 1 is 1.11 bits per heavy atom. The van der Waals surface area contributed by atoms with Crippen molar-refractivity contribution in [3.63, 3.8) is 0 Å². The third kappa shape index (κ3) is 4.43. The van der Waals surface area contributed by atoms with Crippen LogP contribution in [-0.4, -0.2) is 63.4 Å². The third-order valence-electron chi connectivity index (χ3n) is 6.94. The van der Waals surface area contributed by atoms with Crippen LogP contribution in [0.15, 0.2) is 6.33 Å². The fraction of sp³-hybridized carbons (Fsp3) is 0.609. The number of nitrogens with zero attached hydrogens (tertiary/aromatic N) is 4. The van der Waals surface area contributed by atoms with E-state index in [-0.39, 0.29) is 43.9 Å². The second-order valence-electron chi connectivity index (χ2n) is 9.14. The van der Waals surface area contributed by atoms with Crippen molar-refractivity contribution >= 4 is 29.3 Å². The molecular weight excluding hydrogens is 458 g/mol. The molecule has 1 aliphatic carbocycles. The minimum Gasteiger partial charge on any atom is -0.434 e. The monoisotopic (exact) mass is 485 g/mol. The smallest absolute Gasteiger partial charge is 0.434 e. The summed E-state index contributed by atoms with van der Waals surface area (Å²) < 4.78 is 29.6. The molecule has 0 radical (unpaired) electrons. The lowest BCUT2D eigenvalue weighted by molar-refractivity contribution is -0.104. The van der Waals surface area contributed by atoms with Crippen molar-refractivity contribution in [2.75, 3.05) is 25.6 Å². The van der Waals surface area contributed by atoms with Gasteiger partial charge in [-0.3, -0.25) is 4.57 Å². The number of anilines is 1. The molecule has 35 heavy (non-hydrogen) atoms. The van der Waals surface area contributed by atoms with Crippen LogP contribution in [0, 0.1) is 31.1 Å². The molecule has 3 aliphatic rings. The van der Waals surface area contributed by atoms with Crippen LogP contribution in [0.25, 0.3) is 11.2 Å². The lowest BCUT2D eigenvalue weighted by atomic mass is 9.80. The molecule has 3 fully saturated rings. The molecule has 0 amide bonds. The maximum atomic E-state index is 12.7. The first kappa shape index (κ1) is 23.2. The quantitative estimate of drug-likeness (QED) is 0.469. The Labute approximate surface area is 201 Å². The second-order valence-corrected chi connectivity index (χ2v) is 9.14. The molecule has 4 heterocycles. The average molecular weight is 485 g/mol. The van der Waals surface area contributed by atoms with E-state index in [0.717, 1.165) is 25.7 Å². The molecular formula is C23H27N5O7. The summed E-state index contributed by atoms with van der Waals surface area (Å²) in [5, 5.41) is 0. The van der Waals surface area contributed by atoms with Crippen LogP contribution in [-0.2, 0) is 23.7 Å². The Balaban J connectivity index is 1.42. The number of rotatable bonds is 1. The Morgan fingerprint density at radius 2 is 1.83 bits per heavy atom. The van der Waals surface area contributed by atoms with Gasteiger partial charge in [0.25, 0.3) is 0 Å². The number of cyclic esters (lactones) is 3. The number of aryl methyl sites for hydroxylation is 1. The molecule has 2 aromatic rings. The van der Waals surface area contributed by atoms with Gasteiger partial charge < -0.3 is 29.4 Å². The van der Waals surface area contributed by atoms with Gasteiger partial charge in [0.05, 0.1) is 19.5 Å². The molecule has 5 rings (SSSR count). The average Bonchev–Trinajstić information content (AvgIpc) is 3.42. The molecule has 186 valence electrons. The predicted molar refractivity (Wildman–Crippen MR) is 120 cm³/mol. The number of nitrogens with two attached hydrogens (primary N) is 1. The van der Waals surface area contributed by atoms with E-state index in [1.807, 2.05) is 0 Å². The third-order valence-corrected chi connectivity index (χ3v) is 6.94. The van der Waals surface area contributed by atoms with Crippen molar-refractivity contribution in [1.82, 2.24) is 19.5 Å². The maximum Gasteiger partial charge on any atom is 0.508 e. The van der Waals surface area contributed by atoms with Gasteiger partial charge in [-0.2, -0.15) is 0 Å². The van der Waals surface area contributed by atoms with Crippen LogP contribution in [0.2, 0.25) is 0 Å². The van der Waals surface area contributed by atoms with Gasteiger partial charge in [-0.15, -0.1) is 6.42 Å². The fourth-order valence-electron chi connectivity index (χ4n) is 5.04. The standard InChI is InChI=1S/C23H27N5O7/c1-3-23-11-33-21(29)31-9-14-6-4-5-7-15(14)10-32-22(30)34-16(23)8-17(35-23)28-12-25-18-19(24)26-13(2)27-20(18)28/h1,12,14-17H,4-11H2,2H3,(H2,24,26,27)/t14?,15?,16-,17+,23+/m0/s1. The molecule has 2 N–H and O–H groups in total. The highest BCUT2D eigenvalue weighted by atomic mass is 16.8. The molecule has 2 unspecified atom stereocenters. The summed E-state index contributed by atoms with van der Waals surface area (Å²) >= 11 is 0. The number of hydrogen-bond acceptors (Lipinski definition) is 11. The van der Waals surface area contributed by atoms with E-state index in [9.17, 15) is 9.59 Å². The summed E-state index contributed by atoms with van der Waals surface area (Å²) in [5.41, 5.74) is 5.24. The fourth-order valence-corrected chi connectivity index (χ4v) is 5.04. The first-order valence-electron chi connectivity index (χ1n) is 11.6. The molecule has 0 aromatic carbocycles. The lowest BCUT2D eigenvalue weighted by Gasteiger charge is -2.30. The molecule has 2 saturated heterocycles. The van der Waals surface area contributed by atoms with Crippen molar-refractivity contribution in [3.05, 3.63) is 12.2 Å². The minimum atomic E-state index is -1.58. The molecule has 12 nitrogen and oxygen atoms in total.